The maximum Gasteiger partial charge on any atom is 0.398 e. The number of carboxylic acids is 1. The Morgan fingerprint density at radius 3 is 2.37 bits per heavy atom. The van der Waals surface area contributed by atoms with E-state index in [0.29, 0.717) is 10.7 Å². The van der Waals surface area contributed by atoms with Crippen LogP contribution >= 0.6 is 11.6 Å². The van der Waals surface area contributed by atoms with Crippen LogP contribution in [0.15, 0.2) is 35.1 Å². The lowest BCUT2D eigenvalue weighted by atomic mass is 9.93. The number of pyridine rings is 1. The van der Waals surface area contributed by atoms with E-state index in [1.165, 1.54) is 28.8 Å². The fourth-order valence-electron chi connectivity index (χ4n) is 4.11. The molecule has 0 unspecified atom stereocenters. The molecule has 1 fully saturated rings. The van der Waals surface area contributed by atoms with Crippen LogP contribution in [0.1, 0.15) is 18.4 Å². The fourth-order valence-corrected chi connectivity index (χ4v) is 4.43. The molecule has 4 rings (SSSR count). The first-order valence-corrected chi connectivity index (χ1v) is 9.61. The van der Waals surface area contributed by atoms with Crippen LogP contribution in [-0.2, 0) is 16.8 Å². The molecule has 0 aliphatic heterocycles. The van der Waals surface area contributed by atoms with Gasteiger partial charge in [-0.05, 0) is 42.7 Å². The van der Waals surface area contributed by atoms with E-state index in [4.69, 9.17) is 11.6 Å². The van der Waals surface area contributed by atoms with Crippen molar-refractivity contribution in [1.29, 1.82) is 0 Å². The lowest BCUT2D eigenvalue weighted by Gasteiger charge is -2.23. The van der Waals surface area contributed by atoms with Crippen LogP contribution in [-0.4, -0.2) is 35.9 Å². The Labute approximate surface area is 174 Å². The summed E-state index contributed by atoms with van der Waals surface area (Å²) in [5.74, 6) is -1.19. The van der Waals surface area contributed by atoms with Crippen molar-refractivity contribution < 1.29 is 23.1 Å². The van der Waals surface area contributed by atoms with E-state index >= 15 is 0 Å². The van der Waals surface area contributed by atoms with Crippen LogP contribution in [0.3, 0.4) is 0 Å². The van der Waals surface area contributed by atoms with Gasteiger partial charge in [0.1, 0.15) is 6.54 Å². The summed E-state index contributed by atoms with van der Waals surface area (Å²) < 4.78 is 42.3. The van der Waals surface area contributed by atoms with Gasteiger partial charge >= 0.3 is 12.1 Å². The number of benzene rings is 2. The smallest absolute Gasteiger partial charge is 0.398 e. The third-order valence-electron chi connectivity index (χ3n) is 5.74. The Morgan fingerprint density at radius 1 is 1.20 bits per heavy atom. The van der Waals surface area contributed by atoms with Crippen molar-refractivity contribution in [3.05, 3.63) is 51.1 Å². The highest BCUT2D eigenvalue weighted by Crippen LogP contribution is 2.59. The average molecular weight is 439 g/mol. The second kappa shape index (κ2) is 6.63. The molecule has 1 heterocycles. The summed E-state index contributed by atoms with van der Waals surface area (Å²) in [4.78, 5) is 26.4. The molecule has 0 bridgehead atoms. The highest BCUT2D eigenvalue weighted by atomic mass is 35.5. The molecular formula is C21H18ClF3N2O3. The maximum absolute atomic E-state index is 13.7. The van der Waals surface area contributed by atoms with Crippen LogP contribution in [0, 0.1) is 0 Å². The van der Waals surface area contributed by atoms with Crippen LogP contribution in [0.2, 0.25) is 5.02 Å². The number of aliphatic carboxylic acids is 1. The van der Waals surface area contributed by atoms with E-state index in [1.807, 2.05) is 0 Å². The zero-order chi connectivity index (χ0) is 22.0. The molecule has 0 spiro atoms. The third kappa shape index (κ3) is 2.93. The number of halogens is 4. The number of aromatic nitrogens is 1. The Bertz CT molecular complexity index is 1260. The number of fused-ring (bicyclic) bond motifs is 2. The molecule has 1 aromatic heterocycles. The first-order valence-electron chi connectivity index (χ1n) is 9.23. The van der Waals surface area contributed by atoms with Gasteiger partial charge in [0.2, 0.25) is 0 Å². The molecule has 0 saturated heterocycles. The fraction of sp³-hybridized carbons (Fsp3) is 0.333. The van der Waals surface area contributed by atoms with Crippen molar-refractivity contribution in [3.8, 4) is 0 Å². The summed E-state index contributed by atoms with van der Waals surface area (Å²) >= 11 is 6.33. The summed E-state index contributed by atoms with van der Waals surface area (Å²) in [6.45, 7) is -0.531. The topological polar surface area (TPSA) is 62.5 Å². The lowest BCUT2D eigenvalue weighted by molar-refractivity contribution is -0.160. The molecule has 30 heavy (non-hydrogen) atoms. The van der Waals surface area contributed by atoms with Crippen LogP contribution in [0.25, 0.3) is 21.8 Å². The Balaban J connectivity index is 2.17. The van der Waals surface area contributed by atoms with Gasteiger partial charge in [-0.15, -0.1) is 0 Å². The molecule has 0 atom stereocenters. The summed E-state index contributed by atoms with van der Waals surface area (Å²) in [6, 6.07) is 7.05. The highest BCUT2D eigenvalue weighted by molar-refractivity contribution is 6.35. The lowest BCUT2D eigenvalue weighted by Crippen LogP contribution is -2.29. The van der Waals surface area contributed by atoms with E-state index in [1.54, 1.807) is 25.1 Å². The number of alkyl halides is 3. The summed E-state index contributed by atoms with van der Waals surface area (Å²) in [5.41, 5.74) is -1.44. The van der Waals surface area contributed by atoms with Gasteiger partial charge < -0.3 is 14.6 Å². The summed E-state index contributed by atoms with van der Waals surface area (Å²) in [6.07, 6.45) is -4.49. The average Bonchev–Trinajstić information content (AvgIpc) is 3.46. The van der Waals surface area contributed by atoms with Crippen molar-refractivity contribution in [1.82, 2.24) is 4.57 Å². The molecule has 3 aromatic rings. The minimum absolute atomic E-state index is 0.0342. The number of carbonyl (C=O) groups is 1. The van der Waals surface area contributed by atoms with Gasteiger partial charge in [0, 0.05) is 24.9 Å². The number of rotatable bonds is 4. The molecule has 0 amide bonds. The molecule has 2 aromatic carbocycles. The summed E-state index contributed by atoms with van der Waals surface area (Å²) in [7, 11) is 3.39. The molecule has 158 valence electrons. The maximum atomic E-state index is 13.7. The van der Waals surface area contributed by atoms with E-state index in [-0.39, 0.29) is 45.6 Å². The van der Waals surface area contributed by atoms with Gasteiger partial charge in [-0.1, -0.05) is 17.7 Å². The predicted molar refractivity (Wildman–Crippen MR) is 110 cm³/mol. The SMILES string of the molecule is CN(C)c1c(Cl)ccc2c(=O)c3ccc(C4(C(F)(F)F)CC4)cc3n(CC(=O)O)c12. The van der Waals surface area contributed by atoms with Gasteiger partial charge in [-0.2, -0.15) is 13.2 Å². The van der Waals surface area contributed by atoms with Gasteiger partial charge in [-0.25, -0.2) is 0 Å². The van der Waals surface area contributed by atoms with Gasteiger partial charge in [0.05, 0.1) is 27.2 Å². The normalized spacial score (nSPS) is 15.5. The molecule has 5 nitrogen and oxygen atoms in total. The number of hydrogen-bond acceptors (Lipinski definition) is 3. The minimum Gasteiger partial charge on any atom is -0.480 e. The number of nitrogens with zero attached hydrogens (tertiary/aromatic N) is 2. The molecule has 1 saturated carbocycles. The predicted octanol–water partition coefficient (Wildman–Crippen LogP) is 4.55. The third-order valence-corrected chi connectivity index (χ3v) is 6.04. The van der Waals surface area contributed by atoms with Gasteiger partial charge in [0.25, 0.3) is 0 Å². The second-order valence-electron chi connectivity index (χ2n) is 7.81. The highest BCUT2D eigenvalue weighted by Gasteiger charge is 2.64. The van der Waals surface area contributed by atoms with Gasteiger partial charge in [-0.3, -0.25) is 9.59 Å². The quantitative estimate of drug-likeness (QED) is 0.607. The minimum atomic E-state index is -4.42. The van der Waals surface area contributed by atoms with E-state index < -0.39 is 24.1 Å². The molecule has 1 aliphatic carbocycles. The van der Waals surface area contributed by atoms with Crippen LogP contribution in [0.4, 0.5) is 18.9 Å². The van der Waals surface area contributed by atoms with E-state index in [0.717, 1.165) is 0 Å². The van der Waals surface area contributed by atoms with Crippen LogP contribution in [0.5, 0.6) is 0 Å². The summed E-state index contributed by atoms with van der Waals surface area (Å²) in [5, 5.41) is 10.2. The van der Waals surface area contributed by atoms with Crippen molar-refractivity contribution in [3.63, 3.8) is 0 Å². The number of carboxylic acid groups (broad SMARTS) is 1. The Kier molecular flexibility index (Phi) is 4.54. The molecule has 1 N–H and O–H groups in total. The largest absolute Gasteiger partial charge is 0.480 e. The van der Waals surface area contributed by atoms with Crippen molar-refractivity contribution in [2.45, 2.75) is 31.0 Å². The zero-order valence-corrected chi connectivity index (χ0v) is 16.9. The van der Waals surface area contributed by atoms with Crippen LogP contribution < -0.4 is 10.3 Å². The Hall–Kier alpha value is -2.74. The first kappa shape index (κ1) is 20.5. The Morgan fingerprint density at radius 2 is 1.83 bits per heavy atom. The van der Waals surface area contributed by atoms with Gasteiger partial charge in [0.15, 0.2) is 5.43 Å². The van der Waals surface area contributed by atoms with Crippen molar-refractivity contribution >= 4 is 45.1 Å². The van der Waals surface area contributed by atoms with E-state index in [9.17, 15) is 27.9 Å². The molecule has 9 heteroatoms. The van der Waals surface area contributed by atoms with Crippen molar-refractivity contribution in [2.24, 2.45) is 0 Å². The monoisotopic (exact) mass is 438 g/mol. The zero-order valence-electron chi connectivity index (χ0n) is 16.2. The van der Waals surface area contributed by atoms with Crippen molar-refractivity contribution in [2.75, 3.05) is 19.0 Å². The standard InChI is InChI=1S/C21H18ClF3N2O3/c1-26(2)18-14(22)6-5-13-17(18)27(10-16(28)29)15-9-11(3-4-12(15)19(13)30)20(7-8-20)21(23,24)25/h3-6,9H,7-8,10H2,1-2H3,(H,28,29). The van der Waals surface area contributed by atoms with E-state index in [2.05, 4.69) is 0 Å². The first-order chi connectivity index (χ1) is 14.0. The molecular weight excluding hydrogens is 421 g/mol. The number of anilines is 1. The number of hydrogen-bond donors (Lipinski definition) is 1. The molecule has 0 radical (unpaired) electrons. The molecule has 1 aliphatic rings. The second-order valence-corrected chi connectivity index (χ2v) is 8.21.